The van der Waals surface area contributed by atoms with E-state index < -0.39 is 0 Å². The van der Waals surface area contributed by atoms with Crippen LogP contribution in [-0.2, 0) is 4.79 Å². The van der Waals surface area contributed by atoms with Gasteiger partial charge in [0.15, 0.2) is 0 Å². The van der Waals surface area contributed by atoms with Crippen molar-refractivity contribution in [2.75, 3.05) is 24.3 Å². The fraction of sp³-hybridized carbons (Fsp3) is 0.200. The van der Waals surface area contributed by atoms with Crippen LogP contribution in [0.5, 0.6) is 5.75 Å². The van der Waals surface area contributed by atoms with E-state index in [0.717, 1.165) is 5.69 Å². The summed E-state index contributed by atoms with van der Waals surface area (Å²) in [5.74, 6) is 0.685. The highest BCUT2D eigenvalue weighted by molar-refractivity contribution is 5.92. The standard InChI is InChI=1S/C15H17N3O2/c1-18(13-3-2-9-17-11-13)15(19)8-10-20-14-6-4-12(16)5-7-14/h2-7,9,11H,8,10,16H2,1H3. The van der Waals surface area contributed by atoms with Crippen molar-refractivity contribution >= 4 is 17.3 Å². The summed E-state index contributed by atoms with van der Waals surface area (Å²) in [5, 5.41) is 0. The van der Waals surface area contributed by atoms with Crippen molar-refractivity contribution < 1.29 is 9.53 Å². The first-order valence-electron chi connectivity index (χ1n) is 6.32. The molecule has 2 N–H and O–H groups in total. The molecule has 0 bridgehead atoms. The number of amides is 1. The Hall–Kier alpha value is -2.56. The lowest BCUT2D eigenvalue weighted by atomic mass is 10.3. The molecular formula is C15H17N3O2. The molecule has 0 aliphatic heterocycles. The van der Waals surface area contributed by atoms with Gasteiger partial charge in [0, 0.05) is 18.9 Å². The number of nitrogens with zero attached hydrogens (tertiary/aromatic N) is 2. The van der Waals surface area contributed by atoms with E-state index in [-0.39, 0.29) is 5.91 Å². The third-order valence-corrected chi connectivity index (χ3v) is 2.87. The lowest BCUT2D eigenvalue weighted by Crippen LogP contribution is -2.27. The number of pyridine rings is 1. The van der Waals surface area contributed by atoms with Crippen LogP contribution in [0.4, 0.5) is 11.4 Å². The lowest BCUT2D eigenvalue weighted by Gasteiger charge is -2.16. The van der Waals surface area contributed by atoms with E-state index in [9.17, 15) is 4.79 Å². The van der Waals surface area contributed by atoms with Crippen molar-refractivity contribution in [3.05, 3.63) is 48.8 Å². The van der Waals surface area contributed by atoms with Crippen LogP contribution < -0.4 is 15.4 Å². The maximum atomic E-state index is 12.0. The van der Waals surface area contributed by atoms with Gasteiger partial charge in [-0.3, -0.25) is 9.78 Å². The van der Waals surface area contributed by atoms with Gasteiger partial charge in [-0.25, -0.2) is 0 Å². The van der Waals surface area contributed by atoms with Gasteiger partial charge in [0.2, 0.25) is 5.91 Å². The number of aromatic nitrogens is 1. The minimum Gasteiger partial charge on any atom is -0.493 e. The largest absolute Gasteiger partial charge is 0.493 e. The Bertz CT molecular complexity index is 555. The van der Waals surface area contributed by atoms with E-state index in [1.165, 1.54) is 0 Å². The van der Waals surface area contributed by atoms with Crippen molar-refractivity contribution in [2.45, 2.75) is 6.42 Å². The summed E-state index contributed by atoms with van der Waals surface area (Å²) in [4.78, 5) is 17.5. The van der Waals surface area contributed by atoms with Gasteiger partial charge >= 0.3 is 0 Å². The van der Waals surface area contributed by atoms with Gasteiger partial charge in [-0.1, -0.05) is 0 Å². The van der Waals surface area contributed by atoms with Crippen molar-refractivity contribution in [1.29, 1.82) is 0 Å². The van der Waals surface area contributed by atoms with E-state index in [0.29, 0.717) is 24.5 Å². The van der Waals surface area contributed by atoms with Gasteiger partial charge in [-0.05, 0) is 36.4 Å². The Kier molecular flexibility index (Phi) is 4.55. The van der Waals surface area contributed by atoms with Gasteiger partial charge in [0.25, 0.3) is 0 Å². The molecule has 1 aromatic carbocycles. The van der Waals surface area contributed by atoms with Crippen LogP contribution in [-0.4, -0.2) is 24.5 Å². The smallest absolute Gasteiger partial charge is 0.230 e. The van der Waals surface area contributed by atoms with Gasteiger partial charge in [-0.2, -0.15) is 0 Å². The van der Waals surface area contributed by atoms with Crippen LogP contribution in [0.2, 0.25) is 0 Å². The zero-order valence-corrected chi connectivity index (χ0v) is 11.3. The van der Waals surface area contributed by atoms with E-state index in [1.54, 1.807) is 54.7 Å². The molecule has 5 nitrogen and oxygen atoms in total. The Morgan fingerprint density at radius 2 is 2.05 bits per heavy atom. The minimum atomic E-state index is -0.0200. The molecule has 20 heavy (non-hydrogen) atoms. The third kappa shape index (κ3) is 3.71. The molecule has 0 saturated heterocycles. The number of carbonyl (C=O) groups excluding carboxylic acids is 1. The Balaban J connectivity index is 1.82. The molecule has 1 heterocycles. The molecule has 2 rings (SSSR count). The number of nitrogens with two attached hydrogens (primary N) is 1. The highest BCUT2D eigenvalue weighted by atomic mass is 16.5. The quantitative estimate of drug-likeness (QED) is 0.845. The number of ether oxygens (including phenoxy) is 1. The second-order valence-electron chi connectivity index (χ2n) is 4.33. The molecule has 0 aliphatic carbocycles. The first kappa shape index (κ1) is 13.9. The number of rotatable bonds is 5. The van der Waals surface area contributed by atoms with E-state index in [1.807, 2.05) is 6.07 Å². The highest BCUT2D eigenvalue weighted by Crippen LogP contribution is 2.14. The monoisotopic (exact) mass is 271 g/mol. The predicted molar refractivity (Wildman–Crippen MR) is 78.6 cm³/mol. The molecule has 1 aromatic heterocycles. The molecular weight excluding hydrogens is 254 g/mol. The summed E-state index contributed by atoms with van der Waals surface area (Å²) in [6, 6.07) is 10.7. The molecule has 5 heteroatoms. The van der Waals surface area contributed by atoms with Crippen molar-refractivity contribution in [1.82, 2.24) is 4.98 Å². The first-order valence-corrected chi connectivity index (χ1v) is 6.32. The number of anilines is 2. The van der Waals surface area contributed by atoms with Crippen molar-refractivity contribution in [3.63, 3.8) is 0 Å². The van der Waals surface area contributed by atoms with Crippen molar-refractivity contribution in [2.24, 2.45) is 0 Å². The summed E-state index contributed by atoms with van der Waals surface area (Å²) in [6.07, 6.45) is 3.63. The van der Waals surface area contributed by atoms with Crippen LogP contribution in [0, 0.1) is 0 Å². The number of hydrogen-bond acceptors (Lipinski definition) is 4. The first-order chi connectivity index (χ1) is 9.66. The second kappa shape index (κ2) is 6.56. The van der Waals surface area contributed by atoms with E-state index >= 15 is 0 Å². The molecule has 104 valence electrons. The lowest BCUT2D eigenvalue weighted by molar-refractivity contribution is -0.118. The Morgan fingerprint density at radius 1 is 1.30 bits per heavy atom. The maximum absolute atomic E-state index is 12.0. The van der Waals surface area contributed by atoms with Crippen molar-refractivity contribution in [3.8, 4) is 5.75 Å². The van der Waals surface area contributed by atoms with Gasteiger partial charge < -0.3 is 15.4 Å². The number of hydrogen-bond donors (Lipinski definition) is 1. The zero-order chi connectivity index (χ0) is 14.4. The van der Waals surface area contributed by atoms with Crippen LogP contribution in [0.15, 0.2) is 48.8 Å². The van der Waals surface area contributed by atoms with E-state index in [4.69, 9.17) is 10.5 Å². The van der Waals surface area contributed by atoms with Crippen LogP contribution >= 0.6 is 0 Å². The summed E-state index contributed by atoms with van der Waals surface area (Å²) >= 11 is 0. The summed E-state index contributed by atoms with van der Waals surface area (Å²) < 4.78 is 5.50. The predicted octanol–water partition coefficient (Wildman–Crippen LogP) is 2.10. The molecule has 0 radical (unpaired) electrons. The number of carbonyl (C=O) groups is 1. The molecule has 1 amide bonds. The second-order valence-corrected chi connectivity index (χ2v) is 4.33. The normalized spacial score (nSPS) is 10.1. The molecule has 0 aliphatic rings. The average Bonchev–Trinajstić information content (AvgIpc) is 2.49. The van der Waals surface area contributed by atoms with Crippen LogP contribution in [0.25, 0.3) is 0 Å². The molecule has 0 saturated carbocycles. The van der Waals surface area contributed by atoms with Gasteiger partial charge in [-0.15, -0.1) is 0 Å². The average molecular weight is 271 g/mol. The van der Waals surface area contributed by atoms with E-state index in [2.05, 4.69) is 4.98 Å². The van der Waals surface area contributed by atoms with Gasteiger partial charge in [0.05, 0.1) is 24.9 Å². The fourth-order valence-electron chi connectivity index (χ4n) is 1.68. The highest BCUT2D eigenvalue weighted by Gasteiger charge is 2.10. The topological polar surface area (TPSA) is 68.5 Å². The number of nitrogen functional groups attached to an aromatic ring is 1. The Labute approximate surface area is 118 Å². The van der Waals surface area contributed by atoms with Crippen LogP contribution in [0.3, 0.4) is 0 Å². The molecule has 0 atom stereocenters. The molecule has 0 unspecified atom stereocenters. The molecule has 2 aromatic rings. The Morgan fingerprint density at radius 3 is 2.70 bits per heavy atom. The zero-order valence-electron chi connectivity index (χ0n) is 11.3. The SMILES string of the molecule is CN(C(=O)CCOc1ccc(N)cc1)c1cccnc1. The van der Waals surface area contributed by atoms with Crippen LogP contribution in [0.1, 0.15) is 6.42 Å². The molecule has 0 spiro atoms. The summed E-state index contributed by atoms with van der Waals surface area (Å²) in [5.41, 5.74) is 7.04. The molecule has 0 fully saturated rings. The number of benzene rings is 1. The summed E-state index contributed by atoms with van der Waals surface area (Å²) in [7, 11) is 1.72. The van der Waals surface area contributed by atoms with Gasteiger partial charge in [0.1, 0.15) is 5.75 Å². The minimum absolute atomic E-state index is 0.0200. The fourth-order valence-corrected chi connectivity index (χ4v) is 1.68. The third-order valence-electron chi connectivity index (χ3n) is 2.87. The maximum Gasteiger partial charge on any atom is 0.230 e. The summed E-state index contributed by atoms with van der Waals surface area (Å²) in [6.45, 7) is 0.327.